The zero-order valence-electron chi connectivity index (χ0n) is 9.55. The van der Waals surface area contributed by atoms with E-state index in [1.807, 2.05) is 0 Å². The quantitative estimate of drug-likeness (QED) is 0.797. The number of nitrogens with zero attached hydrogens (tertiary/aromatic N) is 2. The summed E-state index contributed by atoms with van der Waals surface area (Å²) in [4.78, 5) is 27.0. The minimum absolute atomic E-state index is 0.0676. The van der Waals surface area contributed by atoms with E-state index in [-0.39, 0.29) is 12.1 Å². The normalized spacial score (nSPS) is 11.9. The van der Waals surface area contributed by atoms with E-state index in [0.717, 1.165) is 6.07 Å². The smallest absolute Gasteiger partial charge is 0.308 e. The van der Waals surface area contributed by atoms with Gasteiger partial charge in [-0.2, -0.15) is 4.39 Å². The van der Waals surface area contributed by atoms with E-state index in [4.69, 9.17) is 5.11 Å². The van der Waals surface area contributed by atoms with Gasteiger partial charge in [0.2, 0.25) is 5.95 Å². The van der Waals surface area contributed by atoms with Crippen LogP contribution in [0.5, 0.6) is 0 Å². The number of carbonyl (C=O) groups excluding carboxylic acids is 1. The monoisotopic (exact) mass is 240 g/mol. The van der Waals surface area contributed by atoms with E-state index in [1.54, 1.807) is 0 Å². The summed E-state index contributed by atoms with van der Waals surface area (Å²) in [5.41, 5.74) is 0.151. The highest BCUT2D eigenvalue weighted by Gasteiger charge is 2.18. The van der Waals surface area contributed by atoms with E-state index >= 15 is 0 Å². The van der Waals surface area contributed by atoms with E-state index in [0.29, 0.717) is 0 Å². The summed E-state index contributed by atoms with van der Waals surface area (Å²) >= 11 is 0. The summed E-state index contributed by atoms with van der Waals surface area (Å²) in [5, 5.41) is 8.72. The second kappa shape index (κ2) is 5.38. The summed E-state index contributed by atoms with van der Waals surface area (Å²) in [6.45, 7) is 1.57. The second-order valence-corrected chi connectivity index (χ2v) is 3.79. The number of carboxylic acid groups (broad SMARTS) is 1. The first-order valence-corrected chi connectivity index (χ1v) is 5.01. The van der Waals surface area contributed by atoms with Crippen molar-refractivity contribution in [3.63, 3.8) is 0 Å². The topological polar surface area (TPSA) is 70.5 Å². The Morgan fingerprint density at radius 3 is 2.76 bits per heavy atom. The SMILES string of the molecule is CC(CN(C)C(=O)c1ccnc(F)c1)C(=O)O. The van der Waals surface area contributed by atoms with Crippen LogP contribution in [0.15, 0.2) is 18.3 Å². The first-order valence-electron chi connectivity index (χ1n) is 5.01. The number of halogens is 1. The van der Waals surface area contributed by atoms with Crippen LogP contribution >= 0.6 is 0 Å². The Kier molecular flexibility index (Phi) is 4.14. The Morgan fingerprint density at radius 2 is 2.24 bits per heavy atom. The molecule has 0 radical (unpaired) electrons. The molecule has 0 aliphatic carbocycles. The van der Waals surface area contributed by atoms with Crippen molar-refractivity contribution >= 4 is 11.9 Å². The molecule has 1 aromatic rings. The third-order valence-corrected chi connectivity index (χ3v) is 2.29. The number of pyridine rings is 1. The Balaban J connectivity index is 2.73. The first kappa shape index (κ1) is 13.1. The van der Waals surface area contributed by atoms with Crippen molar-refractivity contribution < 1.29 is 19.1 Å². The van der Waals surface area contributed by atoms with Gasteiger partial charge in [0.15, 0.2) is 0 Å². The van der Waals surface area contributed by atoms with Crippen LogP contribution in [0.25, 0.3) is 0 Å². The fourth-order valence-electron chi connectivity index (χ4n) is 1.33. The molecular formula is C11H13FN2O3. The molecule has 1 aromatic heterocycles. The molecule has 1 unspecified atom stereocenters. The maximum absolute atomic E-state index is 12.8. The number of hydrogen-bond donors (Lipinski definition) is 1. The van der Waals surface area contributed by atoms with Gasteiger partial charge in [0, 0.05) is 31.4 Å². The molecule has 1 rings (SSSR count). The van der Waals surface area contributed by atoms with Crippen molar-refractivity contribution in [1.82, 2.24) is 9.88 Å². The number of carbonyl (C=O) groups is 2. The van der Waals surface area contributed by atoms with Crippen molar-refractivity contribution in [1.29, 1.82) is 0 Å². The Morgan fingerprint density at radius 1 is 1.59 bits per heavy atom. The molecule has 5 nitrogen and oxygen atoms in total. The van der Waals surface area contributed by atoms with Crippen LogP contribution in [0.1, 0.15) is 17.3 Å². The van der Waals surface area contributed by atoms with Crippen LogP contribution in [0.3, 0.4) is 0 Å². The van der Waals surface area contributed by atoms with Gasteiger partial charge in [-0.1, -0.05) is 6.92 Å². The van der Waals surface area contributed by atoms with Crippen molar-refractivity contribution in [3.05, 3.63) is 29.8 Å². The fraction of sp³-hybridized carbons (Fsp3) is 0.364. The van der Waals surface area contributed by atoms with Crippen LogP contribution in [0.2, 0.25) is 0 Å². The summed E-state index contributed by atoms with van der Waals surface area (Å²) in [6.07, 6.45) is 1.19. The zero-order valence-corrected chi connectivity index (χ0v) is 9.55. The van der Waals surface area contributed by atoms with Crippen molar-refractivity contribution in [2.75, 3.05) is 13.6 Å². The van der Waals surface area contributed by atoms with Gasteiger partial charge < -0.3 is 10.0 Å². The highest BCUT2D eigenvalue weighted by Crippen LogP contribution is 2.06. The van der Waals surface area contributed by atoms with Gasteiger partial charge in [-0.3, -0.25) is 9.59 Å². The zero-order chi connectivity index (χ0) is 13.0. The van der Waals surface area contributed by atoms with Gasteiger partial charge in [-0.25, -0.2) is 4.98 Å². The standard InChI is InChI=1S/C11H13FN2O3/c1-7(11(16)17)6-14(2)10(15)8-3-4-13-9(12)5-8/h3-5,7H,6H2,1-2H3,(H,16,17). The number of hydrogen-bond acceptors (Lipinski definition) is 3. The molecule has 17 heavy (non-hydrogen) atoms. The minimum Gasteiger partial charge on any atom is -0.481 e. The lowest BCUT2D eigenvalue weighted by Gasteiger charge is -2.19. The van der Waals surface area contributed by atoms with Crippen LogP contribution < -0.4 is 0 Å². The number of carboxylic acids is 1. The number of aliphatic carboxylic acids is 1. The molecule has 1 atom stereocenters. The predicted molar refractivity (Wildman–Crippen MR) is 58.0 cm³/mol. The minimum atomic E-state index is -0.981. The van der Waals surface area contributed by atoms with E-state index in [9.17, 15) is 14.0 Å². The van der Waals surface area contributed by atoms with Gasteiger partial charge in [-0.15, -0.1) is 0 Å². The first-order chi connectivity index (χ1) is 7.91. The molecule has 0 saturated heterocycles. The summed E-state index contributed by atoms with van der Waals surface area (Å²) in [6, 6.07) is 2.40. The van der Waals surface area contributed by atoms with Crippen LogP contribution in [-0.2, 0) is 4.79 Å². The Labute approximate surface area is 97.9 Å². The van der Waals surface area contributed by atoms with E-state index in [1.165, 1.54) is 31.1 Å². The average molecular weight is 240 g/mol. The number of rotatable bonds is 4. The average Bonchev–Trinajstić information content (AvgIpc) is 2.27. The molecular weight excluding hydrogens is 227 g/mol. The predicted octanol–water partition coefficient (Wildman–Crippen LogP) is 1.01. The Hall–Kier alpha value is -1.98. The molecule has 0 aliphatic heterocycles. The fourth-order valence-corrected chi connectivity index (χ4v) is 1.33. The second-order valence-electron chi connectivity index (χ2n) is 3.79. The summed E-state index contributed by atoms with van der Waals surface area (Å²) in [7, 11) is 1.47. The molecule has 1 amide bonds. The molecule has 0 spiro atoms. The number of amides is 1. The van der Waals surface area contributed by atoms with Gasteiger partial charge >= 0.3 is 5.97 Å². The maximum Gasteiger partial charge on any atom is 0.308 e. The number of aromatic nitrogens is 1. The molecule has 0 fully saturated rings. The molecule has 0 saturated carbocycles. The molecule has 0 bridgehead atoms. The largest absolute Gasteiger partial charge is 0.481 e. The maximum atomic E-state index is 12.8. The lowest BCUT2D eigenvalue weighted by Crippen LogP contribution is -2.33. The van der Waals surface area contributed by atoms with E-state index in [2.05, 4.69) is 4.98 Å². The van der Waals surface area contributed by atoms with Crippen LogP contribution in [-0.4, -0.2) is 40.5 Å². The van der Waals surface area contributed by atoms with Crippen LogP contribution in [0.4, 0.5) is 4.39 Å². The summed E-state index contributed by atoms with van der Waals surface area (Å²) in [5.74, 6) is -2.82. The lowest BCUT2D eigenvalue weighted by molar-refractivity contribution is -0.141. The van der Waals surface area contributed by atoms with Crippen molar-refractivity contribution in [3.8, 4) is 0 Å². The molecule has 0 aromatic carbocycles. The molecule has 1 N–H and O–H groups in total. The lowest BCUT2D eigenvalue weighted by atomic mass is 10.1. The molecule has 1 heterocycles. The van der Waals surface area contributed by atoms with Crippen molar-refractivity contribution in [2.24, 2.45) is 5.92 Å². The van der Waals surface area contributed by atoms with Gasteiger partial charge in [0.1, 0.15) is 0 Å². The highest BCUT2D eigenvalue weighted by molar-refractivity contribution is 5.94. The van der Waals surface area contributed by atoms with Gasteiger partial charge in [0.05, 0.1) is 5.92 Å². The van der Waals surface area contributed by atoms with Crippen molar-refractivity contribution in [2.45, 2.75) is 6.92 Å². The van der Waals surface area contributed by atoms with Crippen LogP contribution in [0, 0.1) is 11.9 Å². The molecule has 92 valence electrons. The van der Waals surface area contributed by atoms with Gasteiger partial charge in [0.25, 0.3) is 5.91 Å². The molecule has 0 aliphatic rings. The Bertz CT molecular complexity index is 436. The third-order valence-electron chi connectivity index (χ3n) is 2.29. The van der Waals surface area contributed by atoms with E-state index < -0.39 is 23.7 Å². The summed E-state index contributed by atoms with van der Waals surface area (Å²) < 4.78 is 12.8. The highest BCUT2D eigenvalue weighted by atomic mass is 19.1. The third kappa shape index (κ3) is 3.51. The van der Waals surface area contributed by atoms with Gasteiger partial charge in [-0.05, 0) is 6.07 Å². The molecule has 6 heteroatoms.